The molecule has 0 aliphatic carbocycles. The van der Waals surface area contributed by atoms with Crippen LogP contribution >= 0.6 is 11.6 Å². The van der Waals surface area contributed by atoms with Crippen molar-refractivity contribution in [2.24, 2.45) is 0 Å². The highest BCUT2D eigenvalue weighted by atomic mass is 35.5. The van der Waals surface area contributed by atoms with Crippen LogP contribution in [0.5, 0.6) is 0 Å². The SMILES string of the molecule is CCc1ccc(S(=O)(=O)N[C@H](c2nnc(-c3ccccc3)o2)c2ccccc2Cl)cc1. The molecule has 8 heteroatoms. The van der Waals surface area contributed by atoms with Gasteiger partial charge in [-0.1, -0.05) is 67.1 Å². The highest BCUT2D eigenvalue weighted by Gasteiger charge is 2.29. The first-order valence-corrected chi connectivity index (χ1v) is 11.6. The van der Waals surface area contributed by atoms with E-state index in [0.29, 0.717) is 16.5 Å². The molecule has 0 saturated heterocycles. The summed E-state index contributed by atoms with van der Waals surface area (Å²) < 4.78 is 34.8. The predicted molar refractivity (Wildman–Crippen MR) is 119 cm³/mol. The second-order valence-corrected chi connectivity index (χ2v) is 9.01. The average Bonchev–Trinajstić information content (AvgIpc) is 3.29. The van der Waals surface area contributed by atoms with Gasteiger partial charge in [-0.2, -0.15) is 4.72 Å². The van der Waals surface area contributed by atoms with Crippen LogP contribution in [0.1, 0.15) is 30.0 Å². The van der Waals surface area contributed by atoms with Gasteiger partial charge in [-0.05, 0) is 47.9 Å². The molecule has 6 nitrogen and oxygen atoms in total. The molecule has 1 heterocycles. The molecular weight excluding hydrogens is 434 g/mol. The largest absolute Gasteiger partial charge is 0.419 e. The molecule has 3 aromatic carbocycles. The number of benzene rings is 3. The van der Waals surface area contributed by atoms with Crippen molar-refractivity contribution < 1.29 is 12.8 Å². The zero-order valence-electron chi connectivity index (χ0n) is 16.7. The molecule has 0 spiro atoms. The molecule has 4 rings (SSSR count). The van der Waals surface area contributed by atoms with Crippen molar-refractivity contribution in [1.29, 1.82) is 0 Å². The molecule has 0 bridgehead atoms. The molecule has 0 aliphatic heterocycles. The van der Waals surface area contributed by atoms with Gasteiger partial charge in [0.1, 0.15) is 6.04 Å². The van der Waals surface area contributed by atoms with Crippen LogP contribution in [0.25, 0.3) is 11.5 Å². The normalized spacial score (nSPS) is 12.6. The van der Waals surface area contributed by atoms with E-state index in [4.69, 9.17) is 16.0 Å². The van der Waals surface area contributed by atoms with Crippen molar-refractivity contribution in [3.8, 4) is 11.5 Å². The van der Waals surface area contributed by atoms with E-state index in [-0.39, 0.29) is 10.8 Å². The molecule has 0 saturated carbocycles. The quantitative estimate of drug-likeness (QED) is 0.424. The van der Waals surface area contributed by atoms with E-state index < -0.39 is 16.1 Å². The van der Waals surface area contributed by atoms with Crippen LogP contribution in [-0.2, 0) is 16.4 Å². The van der Waals surface area contributed by atoms with E-state index in [9.17, 15) is 8.42 Å². The summed E-state index contributed by atoms with van der Waals surface area (Å²) in [5, 5.41) is 8.59. The molecule has 4 aromatic rings. The summed E-state index contributed by atoms with van der Waals surface area (Å²) >= 11 is 6.38. The number of rotatable bonds is 7. The van der Waals surface area contributed by atoms with Crippen molar-refractivity contribution in [3.05, 3.63) is 101 Å². The van der Waals surface area contributed by atoms with Gasteiger partial charge in [0.15, 0.2) is 0 Å². The number of aryl methyl sites for hydroxylation is 1. The Kier molecular flexibility index (Phi) is 6.18. The van der Waals surface area contributed by atoms with Gasteiger partial charge in [-0.15, -0.1) is 10.2 Å². The molecular formula is C23H20ClN3O3S. The molecule has 1 N–H and O–H groups in total. The molecule has 0 unspecified atom stereocenters. The maximum atomic E-state index is 13.1. The van der Waals surface area contributed by atoms with E-state index in [1.165, 1.54) is 0 Å². The lowest BCUT2D eigenvalue weighted by Gasteiger charge is -2.17. The van der Waals surface area contributed by atoms with Crippen molar-refractivity contribution in [1.82, 2.24) is 14.9 Å². The highest BCUT2D eigenvalue weighted by molar-refractivity contribution is 7.89. The van der Waals surface area contributed by atoms with Gasteiger partial charge in [0.05, 0.1) is 4.90 Å². The number of halogens is 1. The van der Waals surface area contributed by atoms with Gasteiger partial charge in [0, 0.05) is 10.6 Å². The van der Waals surface area contributed by atoms with E-state index in [1.54, 1.807) is 48.5 Å². The standard InChI is InChI=1S/C23H20ClN3O3S/c1-2-16-12-14-18(15-13-16)31(28,29)27-21(19-10-6-7-11-20(19)24)23-26-25-22(30-23)17-8-4-3-5-9-17/h3-15,21,27H,2H2,1H3/t21-/m0/s1. The zero-order valence-corrected chi connectivity index (χ0v) is 18.3. The van der Waals surface area contributed by atoms with Crippen LogP contribution in [0.4, 0.5) is 0 Å². The Morgan fingerprint density at radius 3 is 2.29 bits per heavy atom. The smallest absolute Gasteiger partial charge is 0.247 e. The lowest BCUT2D eigenvalue weighted by molar-refractivity contribution is 0.464. The third-order valence-corrected chi connectivity index (χ3v) is 6.62. The third kappa shape index (κ3) is 4.69. The topological polar surface area (TPSA) is 85.1 Å². The minimum atomic E-state index is -3.89. The van der Waals surface area contributed by atoms with E-state index in [1.807, 2.05) is 37.3 Å². The number of nitrogens with one attached hydrogen (secondary N) is 1. The van der Waals surface area contributed by atoms with E-state index in [2.05, 4.69) is 14.9 Å². The highest BCUT2D eigenvalue weighted by Crippen LogP contribution is 2.31. The lowest BCUT2D eigenvalue weighted by atomic mass is 10.1. The van der Waals surface area contributed by atoms with Crippen LogP contribution in [0.15, 0.2) is 88.2 Å². The van der Waals surface area contributed by atoms with E-state index in [0.717, 1.165) is 17.5 Å². The van der Waals surface area contributed by atoms with Crippen molar-refractivity contribution in [2.45, 2.75) is 24.3 Å². The number of hydrogen-bond donors (Lipinski definition) is 1. The van der Waals surface area contributed by atoms with Gasteiger partial charge in [-0.25, -0.2) is 8.42 Å². The van der Waals surface area contributed by atoms with Crippen LogP contribution in [-0.4, -0.2) is 18.6 Å². The molecule has 0 amide bonds. The fourth-order valence-electron chi connectivity index (χ4n) is 3.13. The van der Waals surface area contributed by atoms with Gasteiger partial charge >= 0.3 is 0 Å². The summed E-state index contributed by atoms with van der Waals surface area (Å²) in [5.41, 5.74) is 2.30. The van der Waals surface area contributed by atoms with E-state index >= 15 is 0 Å². The van der Waals surface area contributed by atoms with Crippen molar-refractivity contribution in [3.63, 3.8) is 0 Å². The predicted octanol–water partition coefficient (Wildman–Crippen LogP) is 5.02. The maximum Gasteiger partial charge on any atom is 0.247 e. The van der Waals surface area contributed by atoms with Gasteiger partial charge in [0.2, 0.25) is 21.8 Å². The molecule has 0 radical (unpaired) electrons. The molecule has 0 aliphatic rings. The summed E-state index contributed by atoms with van der Waals surface area (Å²) in [5.74, 6) is 0.389. The first-order chi connectivity index (χ1) is 15.0. The van der Waals surface area contributed by atoms with Crippen LogP contribution < -0.4 is 4.72 Å². The molecule has 1 aromatic heterocycles. The second-order valence-electron chi connectivity index (χ2n) is 6.88. The summed E-state index contributed by atoms with van der Waals surface area (Å²) in [7, 11) is -3.89. The minimum absolute atomic E-state index is 0.0979. The first kappa shape index (κ1) is 21.2. The van der Waals surface area contributed by atoms with Gasteiger partial charge in [-0.3, -0.25) is 0 Å². The average molecular weight is 454 g/mol. The molecule has 0 fully saturated rings. The Balaban J connectivity index is 1.74. The fourth-order valence-corrected chi connectivity index (χ4v) is 4.55. The second kappa shape index (κ2) is 9.01. The Labute approximate surface area is 186 Å². The Morgan fingerprint density at radius 2 is 1.61 bits per heavy atom. The maximum absolute atomic E-state index is 13.1. The summed E-state index contributed by atoms with van der Waals surface area (Å²) in [4.78, 5) is 0.143. The molecule has 158 valence electrons. The molecule has 31 heavy (non-hydrogen) atoms. The Morgan fingerprint density at radius 1 is 0.935 bits per heavy atom. The lowest BCUT2D eigenvalue weighted by Crippen LogP contribution is -2.30. The Bertz CT molecular complexity index is 1270. The first-order valence-electron chi connectivity index (χ1n) is 9.72. The third-order valence-electron chi connectivity index (χ3n) is 4.84. The summed E-state index contributed by atoms with van der Waals surface area (Å²) in [6.07, 6.45) is 0.820. The minimum Gasteiger partial charge on any atom is -0.419 e. The number of sulfonamides is 1. The van der Waals surface area contributed by atoms with Crippen LogP contribution in [0, 0.1) is 0 Å². The zero-order chi connectivity index (χ0) is 21.8. The summed E-state index contributed by atoms with van der Waals surface area (Å²) in [6.45, 7) is 2.01. The number of aromatic nitrogens is 2. The van der Waals surface area contributed by atoms with Crippen LogP contribution in [0.3, 0.4) is 0 Å². The Hall–Kier alpha value is -3.00. The van der Waals surface area contributed by atoms with Crippen molar-refractivity contribution >= 4 is 21.6 Å². The monoisotopic (exact) mass is 453 g/mol. The number of nitrogens with zero attached hydrogens (tertiary/aromatic N) is 2. The molecule has 1 atom stereocenters. The number of hydrogen-bond acceptors (Lipinski definition) is 5. The van der Waals surface area contributed by atoms with Crippen LogP contribution in [0.2, 0.25) is 5.02 Å². The summed E-state index contributed by atoms with van der Waals surface area (Å²) in [6, 6.07) is 22.0. The van der Waals surface area contributed by atoms with Gasteiger partial charge in [0.25, 0.3) is 0 Å². The van der Waals surface area contributed by atoms with Gasteiger partial charge < -0.3 is 4.42 Å². The van der Waals surface area contributed by atoms with Crippen molar-refractivity contribution in [2.75, 3.05) is 0 Å². The fraction of sp³-hybridized carbons (Fsp3) is 0.130.